The predicted molar refractivity (Wildman–Crippen MR) is 46.0 cm³/mol. The van der Waals surface area contributed by atoms with Crippen LogP contribution in [0.25, 0.3) is 0 Å². The van der Waals surface area contributed by atoms with E-state index >= 15 is 0 Å². The maximum Gasteiger partial charge on any atom is 0.307 e. The minimum atomic E-state index is -2.50. The summed E-state index contributed by atoms with van der Waals surface area (Å²) in [4.78, 5) is 10.6. The number of phenolic OH excluding ortho intramolecular Hbond substituents is 1. The number of carboxylic acid groups (broad SMARTS) is 1. The van der Waals surface area contributed by atoms with Crippen molar-refractivity contribution in [2.45, 2.75) is 6.37 Å². The van der Waals surface area contributed by atoms with Crippen molar-refractivity contribution >= 4 is 5.97 Å². The van der Waals surface area contributed by atoms with Gasteiger partial charge in [0.15, 0.2) is 11.5 Å². The Hall–Kier alpha value is -1.71. The molecule has 0 amide bonds. The number of ether oxygens (including phenoxy) is 1. The lowest BCUT2D eigenvalue weighted by Crippen LogP contribution is -2.00. The third-order valence-corrected chi connectivity index (χ3v) is 1.43. The van der Waals surface area contributed by atoms with Gasteiger partial charge in [0.1, 0.15) is 0 Å². The van der Waals surface area contributed by atoms with Crippen molar-refractivity contribution in [3.05, 3.63) is 23.8 Å². The van der Waals surface area contributed by atoms with Gasteiger partial charge in [0.2, 0.25) is 0 Å². The normalized spacial score (nSPS) is 13.0. The van der Waals surface area contributed by atoms with Gasteiger partial charge in [-0.15, -0.1) is 0 Å². The lowest BCUT2D eigenvalue weighted by atomic mass is 10.1. The summed E-state index contributed by atoms with van der Waals surface area (Å²) < 4.78 is 19.3. The largest absolute Gasteiger partial charge is 0.504 e. The first-order valence-corrected chi connectivity index (χ1v) is 3.50. The fourth-order valence-corrected chi connectivity index (χ4v) is 0.879. The number of benzene rings is 1. The van der Waals surface area contributed by atoms with Gasteiger partial charge < -0.3 is 14.9 Å². The van der Waals surface area contributed by atoms with E-state index in [1.807, 2.05) is 0 Å². The molecule has 0 saturated heterocycles. The highest BCUT2D eigenvalue weighted by Gasteiger charge is 2.05. The minimum Gasteiger partial charge on any atom is -0.504 e. The zero-order chi connectivity index (χ0) is 11.6. The molecule has 1 aromatic carbocycles. The number of carboxylic acids is 1. The SMILES string of the molecule is [2H]C([2H])(C(=O)O)c1ccc(O)c(OC)c1. The van der Waals surface area contributed by atoms with Crippen LogP contribution in [0.3, 0.4) is 0 Å². The number of phenols is 1. The molecule has 0 unspecified atom stereocenters. The Morgan fingerprint density at radius 3 is 2.92 bits per heavy atom. The van der Waals surface area contributed by atoms with E-state index in [2.05, 4.69) is 0 Å². The van der Waals surface area contributed by atoms with Crippen LogP contribution in [0.4, 0.5) is 0 Å². The number of aromatic hydroxyl groups is 1. The molecule has 0 saturated carbocycles. The van der Waals surface area contributed by atoms with Crippen LogP contribution in [-0.4, -0.2) is 23.3 Å². The van der Waals surface area contributed by atoms with Crippen LogP contribution in [-0.2, 0) is 11.2 Å². The third-order valence-electron chi connectivity index (χ3n) is 1.43. The third kappa shape index (κ3) is 2.37. The quantitative estimate of drug-likeness (QED) is 0.736. The van der Waals surface area contributed by atoms with E-state index in [1.54, 1.807) is 0 Å². The Morgan fingerprint density at radius 2 is 2.38 bits per heavy atom. The maximum absolute atomic E-state index is 10.6. The van der Waals surface area contributed by atoms with Crippen molar-refractivity contribution < 1.29 is 22.5 Å². The van der Waals surface area contributed by atoms with Gasteiger partial charge in [-0.1, -0.05) is 6.07 Å². The van der Waals surface area contributed by atoms with E-state index in [9.17, 15) is 9.90 Å². The molecule has 13 heavy (non-hydrogen) atoms. The summed E-state index contributed by atoms with van der Waals surface area (Å²) >= 11 is 0. The molecule has 70 valence electrons. The first-order valence-electron chi connectivity index (χ1n) is 4.50. The van der Waals surface area contributed by atoms with E-state index in [0.717, 1.165) is 6.07 Å². The number of aliphatic carboxylic acids is 1. The van der Waals surface area contributed by atoms with Gasteiger partial charge in [0, 0.05) is 2.74 Å². The summed E-state index contributed by atoms with van der Waals surface area (Å²) in [5.41, 5.74) is -0.0790. The summed E-state index contributed by atoms with van der Waals surface area (Å²) in [6.45, 7) is 0. The Labute approximate surface area is 78.2 Å². The molecule has 0 atom stereocenters. The molecule has 0 aliphatic heterocycles. The first kappa shape index (κ1) is 6.77. The van der Waals surface area contributed by atoms with Gasteiger partial charge in [-0.25, -0.2) is 0 Å². The molecule has 0 aliphatic rings. The zero-order valence-electron chi connectivity index (χ0n) is 8.94. The minimum absolute atomic E-state index is 0.0395. The zero-order valence-corrected chi connectivity index (χ0v) is 6.94. The monoisotopic (exact) mass is 184 g/mol. The van der Waals surface area contributed by atoms with Crippen LogP contribution in [0.1, 0.15) is 8.30 Å². The molecule has 1 aromatic rings. The molecule has 0 spiro atoms. The number of hydrogen-bond donors (Lipinski definition) is 2. The Balaban J connectivity index is 3.22. The Kier molecular flexibility index (Phi) is 1.98. The first-order chi connectivity index (χ1) is 6.89. The van der Waals surface area contributed by atoms with Gasteiger partial charge >= 0.3 is 5.97 Å². The van der Waals surface area contributed by atoms with E-state index in [0.29, 0.717) is 0 Å². The smallest absolute Gasteiger partial charge is 0.307 e. The average molecular weight is 184 g/mol. The van der Waals surface area contributed by atoms with Crippen LogP contribution < -0.4 is 4.74 Å². The maximum atomic E-state index is 10.6. The molecule has 0 radical (unpaired) electrons. The van der Waals surface area contributed by atoms with Gasteiger partial charge in [0.25, 0.3) is 0 Å². The lowest BCUT2D eigenvalue weighted by molar-refractivity contribution is -0.136. The molecule has 1 rings (SSSR count). The van der Waals surface area contributed by atoms with Gasteiger partial charge in [-0.05, 0) is 17.7 Å². The molecule has 4 nitrogen and oxygen atoms in total. The summed E-state index contributed by atoms with van der Waals surface area (Å²) in [7, 11) is 1.30. The summed E-state index contributed by atoms with van der Waals surface area (Å²) in [6.07, 6.45) is -2.50. The van der Waals surface area contributed by atoms with Gasteiger partial charge in [0.05, 0.1) is 13.5 Å². The van der Waals surface area contributed by atoms with Crippen LogP contribution >= 0.6 is 0 Å². The standard InChI is InChI=1S/C9H10O4/c1-13-8-4-6(5-9(11)12)2-3-7(8)10/h2-4,10H,5H2,1H3,(H,11,12)/i5D2. The molecule has 0 fully saturated rings. The van der Waals surface area contributed by atoms with E-state index < -0.39 is 12.3 Å². The molecular formula is C9H10O4. The highest BCUT2D eigenvalue weighted by atomic mass is 16.5. The summed E-state index contributed by atoms with van der Waals surface area (Å²) in [5.74, 6) is -1.71. The van der Waals surface area contributed by atoms with E-state index in [1.165, 1.54) is 19.2 Å². The second-order valence-electron chi connectivity index (χ2n) is 2.32. The van der Waals surface area contributed by atoms with Crippen molar-refractivity contribution in [2.75, 3.05) is 7.11 Å². The second-order valence-corrected chi connectivity index (χ2v) is 2.32. The molecule has 0 bridgehead atoms. The Bertz CT molecular complexity index is 390. The van der Waals surface area contributed by atoms with Crippen molar-refractivity contribution in [3.63, 3.8) is 0 Å². The number of carbonyl (C=O) groups is 1. The molecule has 0 aliphatic carbocycles. The van der Waals surface area contributed by atoms with Crippen LogP contribution in [0.15, 0.2) is 18.2 Å². The molecule has 0 heterocycles. The van der Waals surface area contributed by atoms with E-state index in [-0.39, 0.29) is 17.1 Å². The fraction of sp³-hybridized carbons (Fsp3) is 0.222. The number of hydrogen-bond acceptors (Lipinski definition) is 3. The molecule has 4 heteroatoms. The number of rotatable bonds is 3. The van der Waals surface area contributed by atoms with Gasteiger partial charge in [-0.3, -0.25) is 4.79 Å². The van der Waals surface area contributed by atoms with Crippen LogP contribution in [0.5, 0.6) is 11.5 Å². The fourth-order valence-electron chi connectivity index (χ4n) is 0.879. The summed E-state index contributed by atoms with van der Waals surface area (Å²) in [6, 6.07) is 3.55. The van der Waals surface area contributed by atoms with Crippen molar-refractivity contribution in [2.24, 2.45) is 0 Å². The molecular weight excluding hydrogens is 172 g/mol. The highest BCUT2D eigenvalue weighted by molar-refractivity contribution is 5.70. The topological polar surface area (TPSA) is 66.8 Å². The molecule has 0 aromatic heterocycles. The average Bonchev–Trinajstić information content (AvgIpc) is 2.18. The van der Waals surface area contributed by atoms with E-state index in [4.69, 9.17) is 12.6 Å². The van der Waals surface area contributed by atoms with Crippen LogP contribution in [0.2, 0.25) is 0 Å². The predicted octanol–water partition coefficient (Wildman–Crippen LogP) is 1.03. The Morgan fingerprint density at radius 1 is 1.69 bits per heavy atom. The van der Waals surface area contributed by atoms with Gasteiger partial charge in [-0.2, -0.15) is 0 Å². The second kappa shape index (κ2) is 3.80. The number of methoxy groups -OCH3 is 1. The summed E-state index contributed by atoms with van der Waals surface area (Å²) in [5, 5.41) is 17.9. The van der Waals surface area contributed by atoms with Crippen LogP contribution in [0, 0.1) is 0 Å². The molecule has 2 N–H and O–H groups in total. The van der Waals surface area contributed by atoms with Crippen molar-refractivity contribution in [3.8, 4) is 11.5 Å². The lowest BCUT2D eigenvalue weighted by Gasteiger charge is -2.04. The van der Waals surface area contributed by atoms with Crippen molar-refractivity contribution in [1.29, 1.82) is 0 Å². The highest BCUT2D eigenvalue weighted by Crippen LogP contribution is 2.26. The van der Waals surface area contributed by atoms with Crippen molar-refractivity contribution in [1.82, 2.24) is 0 Å².